The maximum absolute atomic E-state index is 4.31. The first kappa shape index (κ1) is 8.90. The van der Waals surface area contributed by atoms with Crippen LogP contribution in [-0.2, 0) is 0 Å². The average molecular weight is 214 g/mol. The van der Waals surface area contributed by atoms with E-state index in [-0.39, 0.29) is 0 Å². The van der Waals surface area contributed by atoms with E-state index in [9.17, 15) is 0 Å². The van der Waals surface area contributed by atoms with Gasteiger partial charge in [0.15, 0.2) is 5.82 Å². The van der Waals surface area contributed by atoms with Crippen LogP contribution in [0.5, 0.6) is 0 Å². The zero-order chi connectivity index (χ0) is 11.0. The normalized spacial score (nSPS) is 10.8. The number of rotatable bonds is 2. The van der Waals surface area contributed by atoms with Gasteiger partial charge in [0.25, 0.3) is 0 Å². The zero-order valence-corrected chi connectivity index (χ0v) is 8.68. The predicted molar refractivity (Wildman–Crippen MR) is 59.6 cm³/mol. The summed E-state index contributed by atoms with van der Waals surface area (Å²) in [6.07, 6.45) is 5.21. The van der Waals surface area contributed by atoms with Crippen LogP contribution in [0.25, 0.3) is 5.52 Å². The highest BCUT2D eigenvalue weighted by Crippen LogP contribution is 2.17. The minimum absolute atomic E-state index is 0.757. The smallest absolute Gasteiger partial charge is 0.157 e. The van der Waals surface area contributed by atoms with Crippen molar-refractivity contribution < 1.29 is 0 Å². The van der Waals surface area contributed by atoms with Gasteiger partial charge in [-0.05, 0) is 13.0 Å². The van der Waals surface area contributed by atoms with Crippen molar-refractivity contribution in [1.82, 2.24) is 24.8 Å². The number of nitrogens with zero attached hydrogens (tertiary/aromatic N) is 4. The second kappa shape index (κ2) is 3.34. The molecule has 0 aromatic carbocycles. The quantitative estimate of drug-likeness (QED) is 0.678. The van der Waals surface area contributed by atoms with E-state index in [1.807, 2.05) is 25.3 Å². The molecule has 0 atom stereocenters. The minimum atomic E-state index is 0.757. The lowest BCUT2D eigenvalue weighted by atomic mass is 10.4. The molecule has 0 saturated heterocycles. The van der Waals surface area contributed by atoms with Crippen LogP contribution in [0.1, 0.15) is 5.69 Å². The summed E-state index contributed by atoms with van der Waals surface area (Å²) in [6.45, 7) is 1.95. The van der Waals surface area contributed by atoms with E-state index >= 15 is 0 Å². The zero-order valence-electron chi connectivity index (χ0n) is 8.68. The SMILES string of the molecule is Cc1cc2c(Nc3ccn[nH]3)nccn2n1. The lowest BCUT2D eigenvalue weighted by Gasteiger charge is -2.03. The number of aromatic nitrogens is 5. The summed E-state index contributed by atoms with van der Waals surface area (Å²) < 4.78 is 1.79. The molecule has 0 radical (unpaired) electrons. The summed E-state index contributed by atoms with van der Waals surface area (Å²) in [7, 11) is 0. The van der Waals surface area contributed by atoms with E-state index in [1.165, 1.54) is 0 Å². The topological polar surface area (TPSA) is 70.9 Å². The highest BCUT2D eigenvalue weighted by molar-refractivity contribution is 5.71. The summed E-state index contributed by atoms with van der Waals surface area (Å²) >= 11 is 0. The molecule has 6 nitrogen and oxygen atoms in total. The van der Waals surface area contributed by atoms with E-state index in [0.29, 0.717) is 0 Å². The first-order valence-electron chi connectivity index (χ1n) is 4.90. The van der Waals surface area contributed by atoms with Crippen molar-refractivity contribution in [3.8, 4) is 0 Å². The van der Waals surface area contributed by atoms with E-state index in [1.54, 1.807) is 16.9 Å². The number of anilines is 2. The van der Waals surface area contributed by atoms with Crippen LogP contribution in [0.3, 0.4) is 0 Å². The Labute approximate surface area is 91.3 Å². The molecule has 0 amide bonds. The van der Waals surface area contributed by atoms with Crippen molar-refractivity contribution in [3.05, 3.63) is 36.4 Å². The van der Waals surface area contributed by atoms with Gasteiger partial charge >= 0.3 is 0 Å². The Morgan fingerprint density at radius 1 is 1.38 bits per heavy atom. The molecule has 0 aliphatic heterocycles. The Morgan fingerprint density at radius 3 is 3.12 bits per heavy atom. The van der Waals surface area contributed by atoms with Gasteiger partial charge in [-0.25, -0.2) is 9.50 Å². The largest absolute Gasteiger partial charge is 0.324 e. The molecular weight excluding hydrogens is 204 g/mol. The Balaban J connectivity index is 2.09. The van der Waals surface area contributed by atoms with Crippen molar-refractivity contribution in [2.45, 2.75) is 6.92 Å². The number of hydrogen-bond acceptors (Lipinski definition) is 4. The second-order valence-corrected chi connectivity index (χ2v) is 3.49. The van der Waals surface area contributed by atoms with Gasteiger partial charge in [-0.15, -0.1) is 0 Å². The van der Waals surface area contributed by atoms with Crippen molar-refractivity contribution in [2.24, 2.45) is 0 Å². The lowest BCUT2D eigenvalue weighted by molar-refractivity contribution is 0.923. The molecule has 2 N–H and O–H groups in total. The van der Waals surface area contributed by atoms with E-state index < -0.39 is 0 Å². The molecule has 0 bridgehead atoms. The van der Waals surface area contributed by atoms with Gasteiger partial charge in [-0.1, -0.05) is 0 Å². The maximum atomic E-state index is 4.31. The molecule has 3 aromatic heterocycles. The highest BCUT2D eigenvalue weighted by Gasteiger charge is 2.05. The lowest BCUT2D eigenvalue weighted by Crippen LogP contribution is -1.97. The van der Waals surface area contributed by atoms with Crippen molar-refractivity contribution in [3.63, 3.8) is 0 Å². The van der Waals surface area contributed by atoms with Gasteiger partial charge < -0.3 is 5.32 Å². The molecular formula is C10H10N6. The minimum Gasteiger partial charge on any atom is -0.324 e. The van der Waals surface area contributed by atoms with Crippen molar-refractivity contribution in [1.29, 1.82) is 0 Å². The van der Waals surface area contributed by atoms with Crippen molar-refractivity contribution >= 4 is 17.2 Å². The molecule has 16 heavy (non-hydrogen) atoms. The molecule has 3 heterocycles. The number of aryl methyl sites for hydroxylation is 1. The third-order valence-electron chi connectivity index (χ3n) is 2.27. The molecule has 0 fully saturated rings. The molecule has 0 aliphatic carbocycles. The van der Waals surface area contributed by atoms with E-state index in [4.69, 9.17) is 0 Å². The summed E-state index contributed by atoms with van der Waals surface area (Å²) in [4.78, 5) is 4.28. The molecule has 3 rings (SSSR count). The highest BCUT2D eigenvalue weighted by atomic mass is 15.3. The second-order valence-electron chi connectivity index (χ2n) is 3.49. The predicted octanol–water partition coefficient (Wildman–Crippen LogP) is 1.50. The molecule has 0 aliphatic rings. The van der Waals surface area contributed by atoms with Crippen LogP contribution >= 0.6 is 0 Å². The Bertz CT molecular complexity index is 609. The van der Waals surface area contributed by atoms with E-state index in [2.05, 4.69) is 25.6 Å². The van der Waals surface area contributed by atoms with Crippen molar-refractivity contribution in [2.75, 3.05) is 5.32 Å². The van der Waals surface area contributed by atoms with Crippen LogP contribution in [0.4, 0.5) is 11.6 Å². The third-order valence-corrected chi connectivity index (χ3v) is 2.27. The Hall–Kier alpha value is -2.37. The van der Waals surface area contributed by atoms with E-state index in [0.717, 1.165) is 22.8 Å². The average Bonchev–Trinajstić information content (AvgIpc) is 2.86. The van der Waals surface area contributed by atoms with Crippen LogP contribution in [0.2, 0.25) is 0 Å². The summed E-state index contributed by atoms with van der Waals surface area (Å²) in [6, 6.07) is 3.82. The first-order chi connectivity index (χ1) is 7.83. The van der Waals surface area contributed by atoms with Crippen LogP contribution in [-0.4, -0.2) is 24.8 Å². The van der Waals surface area contributed by atoms with Crippen LogP contribution in [0.15, 0.2) is 30.7 Å². The standard InChI is InChI=1S/C10H10N6/c1-7-6-8-10(11-4-5-16(8)15-7)13-9-2-3-12-14-9/h2-6H,1H3,(H2,11,12,13,14). The fourth-order valence-electron chi connectivity index (χ4n) is 1.59. The van der Waals surface area contributed by atoms with Gasteiger partial charge in [0.2, 0.25) is 0 Å². The number of nitrogens with one attached hydrogen (secondary N) is 2. The molecule has 0 saturated carbocycles. The molecule has 3 aromatic rings. The van der Waals surface area contributed by atoms with Gasteiger partial charge in [0.05, 0.1) is 11.9 Å². The van der Waals surface area contributed by atoms with Crippen LogP contribution in [0, 0.1) is 6.92 Å². The first-order valence-corrected chi connectivity index (χ1v) is 4.90. The van der Waals surface area contributed by atoms with Gasteiger partial charge in [0.1, 0.15) is 11.3 Å². The molecule has 0 spiro atoms. The van der Waals surface area contributed by atoms with Gasteiger partial charge in [0, 0.05) is 18.5 Å². The monoisotopic (exact) mass is 214 g/mol. The van der Waals surface area contributed by atoms with Gasteiger partial charge in [-0.3, -0.25) is 5.10 Å². The maximum Gasteiger partial charge on any atom is 0.157 e. The Morgan fingerprint density at radius 2 is 2.31 bits per heavy atom. The number of fused-ring (bicyclic) bond motifs is 1. The number of aromatic amines is 1. The molecule has 0 unspecified atom stereocenters. The molecule has 80 valence electrons. The summed E-state index contributed by atoms with van der Waals surface area (Å²) in [5.41, 5.74) is 1.90. The third kappa shape index (κ3) is 1.40. The summed E-state index contributed by atoms with van der Waals surface area (Å²) in [5, 5.41) is 14.2. The number of H-pyrrole nitrogens is 1. The Kier molecular flexibility index (Phi) is 1.86. The fraction of sp³-hybridized carbons (Fsp3) is 0.100. The van der Waals surface area contributed by atoms with Gasteiger partial charge in [-0.2, -0.15) is 10.2 Å². The van der Waals surface area contributed by atoms with Crippen LogP contribution < -0.4 is 5.32 Å². The molecule has 6 heteroatoms. The number of hydrogen-bond donors (Lipinski definition) is 2. The summed E-state index contributed by atoms with van der Waals surface area (Å²) in [5.74, 6) is 1.56. The fourth-order valence-corrected chi connectivity index (χ4v) is 1.59.